The van der Waals surface area contributed by atoms with E-state index in [1.54, 1.807) is 0 Å². The summed E-state index contributed by atoms with van der Waals surface area (Å²) in [4.78, 5) is 57.1. The van der Waals surface area contributed by atoms with E-state index < -0.39 is 11.2 Å². The number of hydrogen-bond donors (Lipinski definition) is 3. The van der Waals surface area contributed by atoms with Gasteiger partial charge in [-0.2, -0.15) is 0 Å². The van der Waals surface area contributed by atoms with E-state index in [4.69, 9.17) is 0 Å². The first-order chi connectivity index (χ1) is 21.4. The van der Waals surface area contributed by atoms with Gasteiger partial charge in [0.25, 0.3) is 0 Å². The van der Waals surface area contributed by atoms with Crippen molar-refractivity contribution in [1.29, 1.82) is 0 Å². The first kappa shape index (κ1) is 37.8. The predicted molar refractivity (Wildman–Crippen MR) is 185 cm³/mol. The van der Waals surface area contributed by atoms with Crippen molar-refractivity contribution >= 4 is 23.6 Å². The highest BCUT2D eigenvalue weighted by Gasteiger charge is 2.44. The molecular formula is C38H64N4O4. The average Bonchev–Trinajstić information content (AvgIpc) is 3.01. The Hall–Kier alpha value is -2.64. The van der Waals surface area contributed by atoms with Gasteiger partial charge in [0.1, 0.15) is 0 Å². The molecule has 3 aliphatic carbocycles. The molecule has 46 heavy (non-hydrogen) atoms. The van der Waals surface area contributed by atoms with Crippen molar-refractivity contribution in [1.82, 2.24) is 20.9 Å². The van der Waals surface area contributed by atoms with Gasteiger partial charge in [-0.05, 0) is 89.5 Å². The second-order valence-electron chi connectivity index (χ2n) is 16.5. The molecule has 0 spiro atoms. The van der Waals surface area contributed by atoms with Gasteiger partial charge in [-0.1, -0.05) is 73.8 Å². The predicted octanol–water partition coefficient (Wildman–Crippen LogP) is 7.35. The van der Waals surface area contributed by atoms with Crippen molar-refractivity contribution in [2.24, 2.45) is 35.0 Å². The molecule has 260 valence electrons. The number of allylic oxidation sites excluding steroid dienone is 1. The second-order valence-corrected chi connectivity index (χ2v) is 16.5. The molecule has 8 nitrogen and oxygen atoms in total. The van der Waals surface area contributed by atoms with E-state index in [2.05, 4.69) is 36.7 Å². The van der Waals surface area contributed by atoms with E-state index in [9.17, 15) is 19.2 Å². The van der Waals surface area contributed by atoms with Crippen LogP contribution in [0.5, 0.6) is 0 Å². The second kappa shape index (κ2) is 15.5. The van der Waals surface area contributed by atoms with Gasteiger partial charge in [-0.3, -0.25) is 19.2 Å². The van der Waals surface area contributed by atoms with Gasteiger partial charge in [0.15, 0.2) is 5.66 Å². The first-order valence-electron chi connectivity index (χ1n) is 18.1. The SMILES string of the molecule is CCC(C)C(=O)NC1(NC(=O)C(C)CC)CC=C(N(C(=O)C2CCCCC2)C(C)(C)C)C=C1NC(=O)C1CCC(C(C)(C)C)CC1. The van der Waals surface area contributed by atoms with Gasteiger partial charge in [-0.15, -0.1) is 0 Å². The lowest BCUT2D eigenvalue weighted by atomic mass is 9.69. The molecule has 3 rings (SSSR count). The van der Waals surface area contributed by atoms with E-state index >= 15 is 0 Å². The van der Waals surface area contributed by atoms with Crippen LogP contribution in [-0.2, 0) is 19.2 Å². The Kier molecular flexibility index (Phi) is 12.7. The van der Waals surface area contributed by atoms with Crippen LogP contribution < -0.4 is 16.0 Å². The Labute approximate surface area is 279 Å². The highest BCUT2D eigenvalue weighted by molar-refractivity contribution is 5.86. The number of rotatable bonds is 10. The maximum atomic E-state index is 14.1. The van der Waals surface area contributed by atoms with E-state index in [0.29, 0.717) is 30.2 Å². The van der Waals surface area contributed by atoms with E-state index in [-0.39, 0.29) is 59.1 Å². The highest BCUT2D eigenvalue weighted by Crippen LogP contribution is 2.40. The van der Waals surface area contributed by atoms with E-state index in [1.807, 2.05) is 65.5 Å². The largest absolute Gasteiger partial charge is 0.328 e. The fourth-order valence-corrected chi connectivity index (χ4v) is 7.14. The normalized spacial score (nSPS) is 25.8. The van der Waals surface area contributed by atoms with Crippen LogP contribution in [0.25, 0.3) is 0 Å². The van der Waals surface area contributed by atoms with Gasteiger partial charge in [-0.25, -0.2) is 0 Å². The molecule has 0 aromatic carbocycles. The summed E-state index contributed by atoms with van der Waals surface area (Å²) in [6, 6.07) is 0. The third-order valence-electron chi connectivity index (χ3n) is 10.8. The Morgan fingerprint density at radius 2 is 1.33 bits per heavy atom. The van der Waals surface area contributed by atoms with Crippen molar-refractivity contribution < 1.29 is 19.2 Å². The molecule has 0 aliphatic heterocycles. The number of carbonyl (C=O) groups excluding carboxylic acids is 4. The highest BCUT2D eigenvalue weighted by atomic mass is 16.2. The third-order valence-corrected chi connectivity index (χ3v) is 10.8. The number of carbonyl (C=O) groups is 4. The van der Waals surface area contributed by atoms with Crippen LogP contribution >= 0.6 is 0 Å². The average molecular weight is 641 g/mol. The molecule has 3 aliphatic rings. The number of amides is 4. The van der Waals surface area contributed by atoms with Crippen LogP contribution in [0, 0.1) is 35.0 Å². The molecule has 2 saturated carbocycles. The summed E-state index contributed by atoms with van der Waals surface area (Å²) >= 11 is 0. The van der Waals surface area contributed by atoms with Crippen molar-refractivity contribution in [2.75, 3.05) is 0 Å². The third kappa shape index (κ3) is 9.25. The zero-order valence-electron chi connectivity index (χ0n) is 30.6. The van der Waals surface area contributed by atoms with Crippen molar-refractivity contribution in [3.63, 3.8) is 0 Å². The van der Waals surface area contributed by atoms with Crippen molar-refractivity contribution in [3.8, 4) is 0 Å². The molecule has 0 aromatic heterocycles. The molecule has 3 N–H and O–H groups in total. The van der Waals surface area contributed by atoms with E-state index in [1.165, 1.54) is 0 Å². The fraction of sp³-hybridized carbons (Fsp3) is 0.789. The summed E-state index contributed by atoms with van der Waals surface area (Å²) in [7, 11) is 0. The van der Waals surface area contributed by atoms with Gasteiger partial charge in [0.2, 0.25) is 23.6 Å². The van der Waals surface area contributed by atoms with Crippen molar-refractivity contribution in [2.45, 2.75) is 157 Å². The summed E-state index contributed by atoms with van der Waals surface area (Å²) in [6.07, 6.45) is 13.8. The molecule has 8 heteroatoms. The van der Waals surface area contributed by atoms with Crippen LogP contribution in [0.1, 0.15) is 146 Å². The van der Waals surface area contributed by atoms with Crippen LogP contribution in [0.4, 0.5) is 0 Å². The van der Waals surface area contributed by atoms with Crippen LogP contribution in [0.2, 0.25) is 0 Å². The van der Waals surface area contributed by atoms with Gasteiger partial charge >= 0.3 is 0 Å². The zero-order chi connectivity index (χ0) is 34.4. The minimum Gasteiger partial charge on any atom is -0.328 e. The van der Waals surface area contributed by atoms with Gasteiger partial charge in [0.05, 0.1) is 5.70 Å². The van der Waals surface area contributed by atoms with Gasteiger partial charge in [0, 0.05) is 41.3 Å². The summed E-state index contributed by atoms with van der Waals surface area (Å²) in [5.74, 6) is -0.597. The standard InChI is InChI=1S/C38H64N4O4/c1-11-25(3)32(43)40-38(41-33(44)26(4)12-2)23-22-30(42(37(8,9)10)35(46)28-16-14-13-15-17-28)24-31(38)39-34(45)27-18-20-29(21-19-27)36(5,6)7/h22,24-29H,11-21,23H2,1-10H3,(H,39,45)(H,40,43)(H,41,44). The molecule has 0 bridgehead atoms. The molecular weight excluding hydrogens is 576 g/mol. The maximum Gasteiger partial charge on any atom is 0.230 e. The minimum absolute atomic E-state index is 0.0415. The molecule has 2 fully saturated rings. The Morgan fingerprint density at radius 3 is 1.78 bits per heavy atom. The molecule has 0 radical (unpaired) electrons. The van der Waals surface area contributed by atoms with Crippen molar-refractivity contribution in [3.05, 3.63) is 23.5 Å². The fourth-order valence-electron chi connectivity index (χ4n) is 7.14. The smallest absolute Gasteiger partial charge is 0.230 e. The quantitative estimate of drug-likeness (QED) is 0.217. The number of nitrogens with zero attached hydrogens (tertiary/aromatic N) is 1. The summed E-state index contributed by atoms with van der Waals surface area (Å²) < 4.78 is 0. The molecule has 0 heterocycles. The molecule has 2 unspecified atom stereocenters. The van der Waals surface area contributed by atoms with Crippen LogP contribution in [0.15, 0.2) is 23.5 Å². The minimum atomic E-state index is -1.35. The number of hydrogen-bond acceptors (Lipinski definition) is 4. The van der Waals surface area contributed by atoms with Gasteiger partial charge < -0.3 is 20.9 Å². The molecule has 2 atom stereocenters. The monoisotopic (exact) mass is 640 g/mol. The lowest BCUT2D eigenvalue weighted by Crippen LogP contribution is -2.66. The van der Waals surface area contributed by atoms with Crippen LogP contribution in [0.3, 0.4) is 0 Å². The summed E-state index contributed by atoms with van der Waals surface area (Å²) in [6.45, 7) is 20.5. The maximum absolute atomic E-state index is 14.1. The molecule has 4 amide bonds. The lowest BCUT2D eigenvalue weighted by molar-refractivity contribution is -0.138. The Morgan fingerprint density at radius 1 is 0.804 bits per heavy atom. The van der Waals surface area contributed by atoms with E-state index in [0.717, 1.165) is 57.8 Å². The Balaban J connectivity index is 2.07. The summed E-state index contributed by atoms with van der Waals surface area (Å²) in [5, 5.41) is 9.56. The Bertz CT molecular complexity index is 1140. The lowest BCUT2D eigenvalue weighted by Gasteiger charge is -2.45. The van der Waals surface area contributed by atoms with Crippen LogP contribution in [-0.4, -0.2) is 39.7 Å². The topological polar surface area (TPSA) is 108 Å². The molecule has 0 aromatic rings. The first-order valence-corrected chi connectivity index (χ1v) is 18.1. The zero-order valence-corrected chi connectivity index (χ0v) is 30.6. The molecule has 0 saturated heterocycles. The number of nitrogens with one attached hydrogen (secondary N) is 3. The summed E-state index contributed by atoms with van der Waals surface area (Å²) in [5.41, 5.74) is -0.547.